The Bertz CT molecular complexity index is 696. The molecule has 0 bridgehead atoms. The molecule has 0 radical (unpaired) electrons. The van der Waals surface area contributed by atoms with Gasteiger partial charge in [-0.25, -0.2) is 4.79 Å². The number of benzene rings is 2. The summed E-state index contributed by atoms with van der Waals surface area (Å²) >= 11 is 0. The molecule has 0 saturated carbocycles. The summed E-state index contributed by atoms with van der Waals surface area (Å²) in [5.41, 5.74) is 1.84. The first-order valence-electron chi connectivity index (χ1n) is 7.28. The Morgan fingerprint density at radius 1 is 1.09 bits per heavy atom. The van der Waals surface area contributed by atoms with Crippen molar-refractivity contribution >= 4 is 11.9 Å². The van der Waals surface area contributed by atoms with Crippen molar-refractivity contribution in [2.75, 3.05) is 6.54 Å². The molecule has 3 rings (SSSR count). The topological polar surface area (TPSA) is 46.4 Å². The highest BCUT2D eigenvalue weighted by molar-refractivity contribution is 5.97. The van der Waals surface area contributed by atoms with Gasteiger partial charge >= 0.3 is 5.97 Å². The van der Waals surface area contributed by atoms with E-state index >= 15 is 0 Å². The lowest BCUT2D eigenvalue weighted by Crippen LogP contribution is -2.16. The lowest BCUT2D eigenvalue weighted by atomic mass is 10.1. The molecule has 0 N–H and O–H groups in total. The first-order chi connectivity index (χ1) is 10.7. The number of hydrogen-bond acceptors (Lipinski definition) is 3. The largest absolute Gasteiger partial charge is 0.457 e. The summed E-state index contributed by atoms with van der Waals surface area (Å²) in [5, 5.41) is 0. The van der Waals surface area contributed by atoms with Crippen LogP contribution in [0, 0.1) is 0 Å². The lowest BCUT2D eigenvalue weighted by molar-refractivity contribution is 0.0469. The third-order valence-electron chi connectivity index (χ3n) is 3.74. The van der Waals surface area contributed by atoms with Crippen LogP contribution in [0.25, 0.3) is 0 Å². The standard InChI is InChI=1S/C18H17NO3/c1-13-11-19(13)17(20)16-10-6-5-9-15(16)12-22-18(21)14-7-3-2-4-8-14/h2-10,13H,11-12H2,1H3/t13-,19?/m0/s1. The Labute approximate surface area is 129 Å². The van der Waals surface area contributed by atoms with Crippen molar-refractivity contribution in [2.24, 2.45) is 0 Å². The maximum Gasteiger partial charge on any atom is 0.338 e. The molecule has 2 aromatic rings. The highest BCUT2D eigenvalue weighted by Crippen LogP contribution is 2.22. The summed E-state index contributed by atoms with van der Waals surface area (Å²) in [4.78, 5) is 26.1. The molecule has 112 valence electrons. The van der Waals surface area contributed by atoms with Crippen molar-refractivity contribution in [1.29, 1.82) is 0 Å². The highest BCUT2D eigenvalue weighted by Gasteiger charge is 2.35. The van der Waals surface area contributed by atoms with E-state index in [0.29, 0.717) is 17.2 Å². The monoisotopic (exact) mass is 295 g/mol. The molecule has 1 heterocycles. The van der Waals surface area contributed by atoms with Gasteiger partial charge in [-0.2, -0.15) is 0 Å². The summed E-state index contributed by atoms with van der Waals surface area (Å²) in [6, 6.07) is 16.4. The van der Waals surface area contributed by atoms with E-state index in [1.807, 2.05) is 31.2 Å². The van der Waals surface area contributed by atoms with Gasteiger partial charge in [0.25, 0.3) is 5.91 Å². The number of ether oxygens (including phenoxy) is 1. The van der Waals surface area contributed by atoms with E-state index in [4.69, 9.17) is 4.74 Å². The fourth-order valence-corrected chi connectivity index (χ4v) is 2.33. The first-order valence-corrected chi connectivity index (χ1v) is 7.28. The van der Waals surface area contributed by atoms with Crippen LogP contribution in [-0.2, 0) is 11.3 Å². The second kappa shape index (κ2) is 6.02. The SMILES string of the molecule is C[C@H]1CN1C(=O)c1ccccc1COC(=O)c1ccccc1. The number of carbonyl (C=O) groups excluding carboxylic acids is 2. The maximum atomic E-state index is 12.3. The Morgan fingerprint density at radius 3 is 2.41 bits per heavy atom. The highest BCUT2D eigenvalue weighted by atomic mass is 16.5. The Morgan fingerprint density at radius 2 is 1.73 bits per heavy atom. The number of rotatable bonds is 4. The molecule has 0 unspecified atom stereocenters. The van der Waals surface area contributed by atoms with Crippen LogP contribution in [0.3, 0.4) is 0 Å². The molecule has 0 spiro atoms. The van der Waals surface area contributed by atoms with Gasteiger partial charge in [-0.05, 0) is 25.1 Å². The van der Waals surface area contributed by atoms with Gasteiger partial charge in [0.15, 0.2) is 0 Å². The van der Waals surface area contributed by atoms with Gasteiger partial charge in [0.1, 0.15) is 6.61 Å². The number of esters is 1. The van der Waals surface area contributed by atoms with E-state index in [0.717, 1.165) is 12.1 Å². The fraction of sp³-hybridized carbons (Fsp3) is 0.222. The van der Waals surface area contributed by atoms with Crippen molar-refractivity contribution < 1.29 is 14.3 Å². The minimum atomic E-state index is -0.386. The van der Waals surface area contributed by atoms with Crippen LogP contribution in [0.5, 0.6) is 0 Å². The second-order valence-corrected chi connectivity index (χ2v) is 5.41. The Hall–Kier alpha value is -2.62. The Balaban J connectivity index is 1.70. The Kier molecular flexibility index (Phi) is 3.92. The van der Waals surface area contributed by atoms with E-state index in [2.05, 4.69) is 0 Å². The van der Waals surface area contributed by atoms with Gasteiger partial charge in [0.05, 0.1) is 5.56 Å². The summed E-state index contributed by atoms with van der Waals surface area (Å²) in [6.45, 7) is 2.89. The zero-order valence-corrected chi connectivity index (χ0v) is 12.4. The van der Waals surface area contributed by atoms with Gasteiger partial charge in [0, 0.05) is 23.7 Å². The van der Waals surface area contributed by atoms with E-state index < -0.39 is 0 Å². The third kappa shape index (κ3) is 3.01. The predicted molar refractivity (Wildman–Crippen MR) is 82.5 cm³/mol. The average Bonchev–Trinajstić information content (AvgIpc) is 3.30. The number of nitrogens with zero attached hydrogens (tertiary/aromatic N) is 1. The minimum absolute atomic E-state index is 0.00106. The number of amides is 1. The van der Waals surface area contributed by atoms with E-state index in [9.17, 15) is 9.59 Å². The smallest absolute Gasteiger partial charge is 0.338 e. The molecule has 0 aromatic heterocycles. The van der Waals surface area contributed by atoms with Gasteiger partial charge in [-0.1, -0.05) is 36.4 Å². The van der Waals surface area contributed by atoms with Crippen LogP contribution >= 0.6 is 0 Å². The molecule has 4 heteroatoms. The zero-order valence-electron chi connectivity index (χ0n) is 12.4. The van der Waals surface area contributed by atoms with Crippen LogP contribution in [0.4, 0.5) is 0 Å². The number of hydrogen-bond donors (Lipinski definition) is 0. The lowest BCUT2D eigenvalue weighted by Gasteiger charge is -2.10. The maximum absolute atomic E-state index is 12.3. The van der Waals surface area contributed by atoms with Gasteiger partial charge in [-0.15, -0.1) is 0 Å². The van der Waals surface area contributed by atoms with Crippen LogP contribution in [0.15, 0.2) is 54.6 Å². The molecule has 22 heavy (non-hydrogen) atoms. The molecule has 4 nitrogen and oxygen atoms in total. The predicted octanol–water partition coefficient (Wildman–Crippen LogP) is 2.89. The van der Waals surface area contributed by atoms with E-state index in [-0.39, 0.29) is 18.5 Å². The summed E-state index contributed by atoms with van der Waals surface area (Å²) in [6.07, 6.45) is 0. The quantitative estimate of drug-likeness (QED) is 0.643. The van der Waals surface area contributed by atoms with Crippen molar-refractivity contribution in [1.82, 2.24) is 4.90 Å². The molecule has 1 saturated heterocycles. The van der Waals surface area contributed by atoms with E-state index in [1.54, 1.807) is 35.2 Å². The minimum Gasteiger partial charge on any atom is -0.457 e. The van der Waals surface area contributed by atoms with Crippen LogP contribution in [0.1, 0.15) is 33.2 Å². The number of carbonyl (C=O) groups is 2. The van der Waals surface area contributed by atoms with Crippen LogP contribution < -0.4 is 0 Å². The van der Waals surface area contributed by atoms with Crippen molar-refractivity contribution in [3.8, 4) is 0 Å². The van der Waals surface area contributed by atoms with Crippen molar-refractivity contribution in [3.63, 3.8) is 0 Å². The summed E-state index contributed by atoms with van der Waals surface area (Å²) in [7, 11) is 0. The molecule has 1 amide bonds. The molecule has 1 aliphatic heterocycles. The third-order valence-corrected chi connectivity index (χ3v) is 3.74. The molecule has 1 aliphatic rings. The molecular formula is C18H17NO3. The molecule has 2 aromatic carbocycles. The first kappa shape index (κ1) is 14.3. The van der Waals surface area contributed by atoms with Gasteiger partial charge < -0.3 is 9.64 Å². The molecule has 1 fully saturated rings. The summed E-state index contributed by atoms with van der Waals surface area (Å²) in [5.74, 6) is -0.387. The summed E-state index contributed by atoms with van der Waals surface area (Å²) < 4.78 is 5.32. The fourth-order valence-electron chi connectivity index (χ4n) is 2.33. The zero-order chi connectivity index (χ0) is 15.5. The van der Waals surface area contributed by atoms with Crippen molar-refractivity contribution in [3.05, 3.63) is 71.3 Å². The average molecular weight is 295 g/mol. The van der Waals surface area contributed by atoms with Crippen LogP contribution in [-0.4, -0.2) is 29.4 Å². The molecule has 0 aliphatic carbocycles. The van der Waals surface area contributed by atoms with Crippen LogP contribution in [0.2, 0.25) is 0 Å². The normalized spacial score (nSPS) is 16.2. The second-order valence-electron chi connectivity index (χ2n) is 5.41. The molecular weight excluding hydrogens is 278 g/mol. The van der Waals surface area contributed by atoms with Gasteiger partial charge in [0.2, 0.25) is 0 Å². The molecule has 1 atom stereocenters. The van der Waals surface area contributed by atoms with Crippen molar-refractivity contribution in [2.45, 2.75) is 19.6 Å². The van der Waals surface area contributed by atoms with E-state index in [1.165, 1.54) is 0 Å². The van der Waals surface area contributed by atoms with Gasteiger partial charge in [-0.3, -0.25) is 4.79 Å².